The normalized spacial score (nSPS) is 37.6. The maximum Gasteiger partial charge on any atom is 0.0120 e. The summed E-state index contributed by atoms with van der Waals surface area (Å²) in [6.45, 7) is 1.35. The lowest BCUT2D eigenvalue weighted by atomic mass is 9.91. The summed E-state index contributed by atoms with van der Waals surface area (Å²) in [5.41, 5.74) is 0. The zero-order valence-electron chi connectivity index (χ0n) is 8.97. The zero-order chi connectivity index (χ0) is 9.10. The van der Waals surface area contributed by atoms with Crippen molar-refractivity contribution in [1.29, 1.82) is 0 Å². The van der Waals surface area contributed by atoms with E-state index < -0.39 is 0 Å². The minimum absolute atomic E-state index is 0.935. The molecule has 2 aliphatic rings. The minimum Gasteiger partial charge on any atom is -0.303 e. The molecule has 0 aromatic carbocycles. The lowest BCUT2D eigenvalue weighted by Crippen LogP contribution is -2.36. The standard InChI is InChI=1S/C12H23N/c1-13-10-6-5-8-11-7-3-2-4-9-12(11)13/h11-12H,2-10H2,1H3. The Hall–Kier alpha value is -0.0400. The second-order valence-corrected chi connectivity index (χ2v) is 4.94. The topological polar surface area (TPSA) is 3.24 Å². The molecule has 0 aromatic heterocycles. The van der Waals surface area contributed by atoms with E-state index in [-0.39, 0.29) is 0 Å². The molecule has 2 rings (SSSR count). The fourth-order valence-corrected chi connectivity index (χ4v) is 3.22. The van der Waals surface area contributed by atoms with Gasteiger partial charge in [0.15, 0.2) is 0 Å². The predicted octanol–water partition coefficient (Wildman–Crippen LogP) is 3.05. The molecule has 0 spiro atoms. The molecule has 1 heteroatoms. The highest BCUT2D eigenvalue weighted by molar-refractivity contribution is 4.82. The summed E-state index contributed by atoms with van der Waals surface area (Å²) in [5.74, 6) is 1.04. The highest BCUT2D eigenvalue weighted by atomic mass is 15.1. The third kappa shape index (κ3) is 2.25. The molecule has 2 fully saturated rings. The van der Waals surface area contributed by atoms with Crippen LogP contribution in [0.3, 0.4) is 0 Å². The van der Waals surface area contributed by atoms with Crippen LogP contribution in [0.2, 0.25) is 0 Å². The summed E-state index contributed by atoms with van der Waals surface area (Å²) >= 11 is 0. The molecular weight excluding hydrogens is 158 g/mol. The number of nitrogens with zero attached hydrogens (tertiary/aromatic N) is 1. The van der Waals surface area contributed by atoms with E-state index in [1.807, 2.05) is 0 Å². The molecule has 76 valence electrons. The fraction of sp³-hybridized carbons (Fsp3) is 1.00. The van der Waals surface area contributed by atoms with Crippen molar-refractivity contribution in [3.8, 4) is 0 Å². The second kappa shape index (κ2) is 4.45. The first kappa shape index (κ1) is 9.51. The van der Waals surface area contributed by atoms with Gasteiger partial charge in [0, 0.05) is 6.04 Å². The Morgan fingerprint density at radius 3 is 2.38 bits per heavy atom. The summed E-state index contributed by atoms with van der Waals surface area (Å²) in [4.78, 5) is 2.64. The lowest BCUT2D eigenvalue weighted by Gasteiger charge is -2.30. The maximum atomic E-state index is 2.64. The van der Waals surface area contributed by atoms with Crippen LogP contribution in [0.4, 0.5) is 0 Å². The van der Waals surface area contributed by atoms with E-state index in [0.29, 0.717) is 0 Å². The van der Waals surface area contributed by atoms with Crippen LogP contribution in [0.15, 0.2) is 0 Å². The molecule has 0 amide bonds. The van der Waals surface area contributed by atoms with Crippen LogP contribution in [0, 0.1) is 5.92 Å². The Morgan fingerprint density at radius 2 is 1.54 bits per heavy atom. The smallest absolute Gasteiger partial charge is 0.0120 e. The Morgan fingerprint density at radius 1 is 0.846 bits per heavy atom. The molecule has 1 aliphatic carbocycles. The van der Waals surface area contributed by atoms with Gasteiger partial charge in [0.2, 0.25) is 0 Å². The molecule has 2 unspecified atom stereocenters. The van der Waals surface area contributed by atoms with Gasteiger partial charge in [-0.15, -0.1) is 0 Å². The minimum atomic E-state index is 0.935. The first-order chi connectivity index (χ1) is 6.38. The highest BCUT2D eigenvalue weighted by Gasteiger charge is 2.28. The molecule has 2 atom stereocenters. The molecule has 1 nitrogen and oxygen atoms in total. The molecule has 13 heavy (non-hydrogen) atoms. The van der Waals surface area contributed by atoms with Gasteiger partial charge < -0.3 is 4.90 Å². The number of hydrogen-bond acceptors (Lipinski definition) is 1. The second-order valence-electron chi connectivity index (χ2n) is 4.94. The monoisotopic (exact) mass is 181 g/mol. The first-order valence-electron chi connectivity index (χ1n) is 6.08. The number of fused-ring (bicyclic) bond motifs is 1. The summed E-state index contributed by atoms with van der Waals surface area (Å²) in [5, 5.41) is 0. The number of likely N-dealkylation sites (tertiary alicyclic amines) is 1. The van der Waals surface area contributed by atoms with E-state index in [0.717, 1.165) is 12.0 Å². The van der Waals surface area contributed by atoms with Gasteiger partial charge in [-0.1, -0.05) is 25.7 Å². The average Bonchev–Trinajstić information content (AvgIpc) is 2.43. The Kier molecular flexibility index (Phi) is 3.26. The Labute approximate surface area is 82.5 Å². The number of rotatable bonds is 0. The van der Waals surface area contributed by atoms with E-state index >= 15 is 0 Å². The molecule has 0 radical (unpaired) electrons. The van der Waals surface area contributed by atoms with Gasteiger partial charge >= 0.3 is 0 Å². The van der Waals surface area contributed by atoms with Crippen LogP contribution in [-0.4, -0.2) is 24.5 Å². The maximum absolute atomic E-state index is 2.64. The van der Waals surface area contributed by atoms with E-state index in [1.54, 1.807) is 0 Å². The summed E-state index contributed by atoms with van der Waals surface area (Å²) in [6.07, 6.45) is 11.9. The van der Waals surface area contributed by atoms with E-state index in [9.17, 15) is 0 Å². The molecule has 0 aromatic rings. The van der Waals surface area contributed by atoms with Crippen molar-refractivity contribution in [2.75, 3.05) is 13.6 Å². The molecule has 1 saturated heterocycles. The fourth-order valence-electron chi connectivity index (χ4n) is 3.22. The van der Waals surface area contributed by atoms with Crippen LogP contribution in [0.1, 0.15) is 51.4 Å². The van der Waals surface area contributed by atoms with Gasteiger partial charge in [-0.2, -0.15) is 0 Å². The molecule has 1 saturated carbocycles. The Balaban J connectivity index is 2.03. The van der Waals surface area contributed by atoms with Gasteiger partial charge in [-0.3, -0.25) is 0 Å². The van der Waals surface area contributed by atoms with E-state index in [2.05, 4.69) is 11.9 Å². The third-order valence-corrected chi connectivity index (χ3v) is 4.02. The lowest BCUT2D eigenvalue weighted by molar-refractivity contribution is 0.181. The van der Waals surface area contributed by atoms with Crippen molar-refractivity contribution < 1.29 is 0 Å². The van der Waals surface area contributed by atoms with Crippen molar-refractivity contribution in [1.82, 2.24) is 4.90 Å². The average molecular weight is 181 g/mol. The number of hydrogen-bond donors (Lipinski definition) is 0. The van der Waals surface area contributed by atoms with Crippen molar-refractivity contribution in [2.24, 2.45) is 5.92 Å². The molecule has 1 aliphatic heterocycles. The van der Waals surface area contributed by atoms with Gasteiger partial charge in [0.05, 0.1) is 0 Å². The summed E-state index contributed by atoms with van der Waals surface area (Å²) < 4.78 is 0. The van der Waals surface area contributed by atoms with Gasteiger partial charge in [0.1, 0.15) is 0 Å². The molecule has 1 heterocycles. The van der Waals surface area contributed by atoms with Crippen LogP contribution < -0.4 is 0 Å². The van der Waals surface area contributed by atoms with Crippen molar-refractivity contribution in [3.63, 3.8) is 0 Å². The van der Waals surface area contributed by atoms with Gasteiger partial charge in [0.25, 0.3) is 0 Å². The van der Waals surface area contributed by atoms with Crippen LogP contribution >= 0.6 is 0 Å². The van der Waals surface area contributed by atoms with Crippen molar-refractivity contribution in [3.05, 3.63) is 0 Å². The molecule has 0 N–H and O–H groups in total. The predicted molar refractivity (Wildman–Crippen MR) is 56.8 cm³/mol. The van der Waals surface area contributed by atoms with Crippen molar-refractivity contribution in [2.45, 2.75) is 57.4 Å². The third-order valence-electron chi connectivity index (χ3n) is 4.02. The zero-order valence-corrected chi connectivity index (χ0v) is 8.97. The Bertz CT molecular complexity index is 153. The van der Waals surface area contributed by atoms with Crippen molar-refractivity contribution >= 4 is 0 Å². The summed E-state index contributed by atoms with van der Waals surface area (Å²) in [7, 11) is 2.34. The molecule has 0 bridgehead atoms. The van der Waals surface area contributed by atoms with E-state index in [1.165, 1.54) is 57.9 Å². The SMILES string of the molecule is CN1CCCCC2CCCCCC21. The van der Waals surface area contributed by atoms with Gasteiger partial charge in [-0.05, 0) is 45.2 Å². The summed E-state index contributed by atoms with van der Waals surface area (Å²) in [6, 6.07) is 0.935. The van der Waals surface area contributed by atoms with Crippen LogP contribution in [-0.2, 0) is 0 Å². The quantitative estimate of drug-likeness (QED) is 0.555. The van der Waals surface area contributed by atoms with Gasteiger partial charge in [-0.25, -0.2) is 0 Å². The largest absolute Gasteiger partial charge is 0.303 e. The molecular formula is C12H23N. The van der Waals surface area contributed by atoms with E-state index in [4.69, 9.17) is 0 Å². The highest BCUT2D eigenvalue weighted by Crippen LogP contribution is 2.32. The van der Waals surface area contributed by atoms with Crippen LogP contribution in [0.5, 0.6) is 0 Å². The first-order valence-corrected chi connectivity index (χ1v) is 6.08. The van der Waals surface area contributed by atoms with Crippen LogP contribution in [0.25, 0.3) is 0 Å².